The normalized spacial score (nSPS) is 13.2. The molecule has 0 radical (unpaired) electrons. The second kappa shape index (κ2) is 8.37. The molecule has 0 saturated carbocycles. The first-order valence-electron chi connectivity index (χ1n) is 9.74. The quantitative estimate of drug-likeness (QED) is 0.678. The fourth-order valence-electron chi connectivity index (χ4n) is 3.64. The van der Waals surface area contributed by atoms with Gasteiger partial charge in [0.15, 0.2) is 17.5 Å². The molecule has 0 bridgehead atoms. The van der Waals surface area contributed by atoms with E-state index in [-0.39, 0.29) is 18.7 Å². The van der Waals surface area contributed by atoms with Gasteiger partial charge in [0.2, 0.25) is 6.79 Å². The number of benzene rings is 3. The van der Waals surface area contributed by atoms with E-state index in [1.807, 2.05) is 79.8 Å². The highest BCUT2D eigenvalue weighted by atomic mass is 16.7. The Morgan fingerprint density at radius 3 is 2.45 bits per heavy atom. The summed E-state index contributed by atoms with van der Waals surface area (Å²) in [5, 5.41) is 5.13. The summed E-state index contributed by atoms with van der Waals surface area (Å²) in [6.07, 6.45) is 0. The molecule has 3 aromatic carbocycles. The Bertz CT molecular complexity index is 998. The van der Waals surface area contributed by atoms with E-state index in [4.69, 9.17) is 9.47 Å². The number of anilines is 1. The number of aryl methyl sites for hydroxylation is 2. The molecule has 148 valence electrons. The minimum atomic E-state index is -0.359. The van der Waals surface area contributed by atoms with E-state index < -0.39 is 0 Å². The highest BCUT2D eigenvalue weighted by molar-refractivity contribution is 5.94. The Morgan fingerprint density at radius 2 is 1.69 bits per heavy atom. The Balaban J connectivity index is 1.52. The van der Waals surface area contributed by atoms with Crippen molar-refractivity contribution in [3.8, 4) is 11.5 Å². The number of rotatable bonds is 6. The molecule has 0 saturated heterocycles. The standard InChI is InChI=1S/C24H24N2O3/c1-16-10-17(2)12-20(11-16)26-24(27)23(19-6-4-3-5-7-19)25-14-18-8-9-21-22(13-18)29-15-28-21/h3-13,23,25H,14-15H2,1-2H3,(H,26,27)/p+1/t23-/m1/s1. The summed E-state index contributed by atoms with van der Waals surface area (Å²) in [5.41, 5.74) is 5.12. The highest BCUT2D eigenvalue weighted by Crippen LogP contribution is 2.32. The number of amides is 1. The summed E-state index contributed by atoms with van der Waals surface area (Å²) in [4.78, 5) is 13.2. The zero-order chi connectivity index (χ0) is 20.2. The molecular formula is C24H25N2O3+. The predicted molar refractivity (Wildman–Crippen MR) is 112 cm³/mol. The summed E-state index contributed by atoms with van der Waals surface area (Å²) in [5.74, 6) is 1.48. The Labute approximate surface area is 170 Å². The van der Waals surface area contributed by atoms with Crippen LogP contribution in [0.2, 0.25) is 0 Å². The smallest absolute Gasteiger partial charge is 0.287 e. The van der Waals surface area contributed by atoms with Crippen LogP contribution in [0.15, 0.2) is 66.7 Å². The molecule has 1 amide bonds. The van der Waals surface area contributed by atoms with Gasteiger partial charge in [-0.25, -0.2) is 0 Å². The molecule has 5 heteroatoms. The molecule has 0 unspecified atom stereocenters. The number of hydrogen-bond donors (Lipinski definition) is 2. The largest absolute Gasteiger partial charge is 0.454 e. The number of carbonyl (C=O) groups excluding carboxylic acids is 1. The Morgan fingerprint density at radius 1 is 0.966 bits per heavy atom. The van der Waals surface area contributed by atoms with E-state index in [0.29, 0.717) is 6.54 Å². The molecule has 4 rings (SSSR count). The van der Waals surface area contributed by atoms with Crippen LogP contribution in [-0.2, 0) is 11.3 Å². The van der Waals surface area contributed by atoms with Crippen molar-refractivity contribution in [2.45, 2.75) is 26.4 Å². The van der Waals surface area contributed by atoms with Gasteiger partial charge in [0.05, 0.1) is 0 Å². The lowest BCUT2D eigenvalue weighted by Crippen LogP contribution is -2.85. The van der Waals surface area contributed by atoms with Crippen LogP contribution in [0.3, 0.4) is 0 Å². The van der Waals surface area contributed by atoms with Crippen molar-refractivity contribution >= 4 is 11.6 Å². The first-order valence-corrected chi connectivity index (χ1v) is 9.74. The molecule has 29 heavy (non-hydrogen) atoms. The van der Waals surface area contributed by atoms with E-state index in [9.17, 15) is 4.79 Å². The number of ether oxygens (including phenoxy) is 2. The van der Waals surface area contributed by atoms with Gasteiger partial charge in [-0.3, -0.25) is 4.79 Å². The van der Waals surface area contributed by atoms with Crippen molar-refractivity contribution in [2.24, 2.45) is 0 Å². The van der Waals surface area contributed by atoms with Crippen LogP contribution in [0.1, 0.15) is 28.3 Å². The van der Waals surface area contributed by atoms with Gasteiger partial charge >= 0.3 is 0 Å². The van der Waals surface area contributed by atoms with Gasteiger partial charge in [-0.1, -0.05) is 36.4 Å². The molecule has 1 atom stereocenters. The Kier molecular flexibility index (Phi) is 5.49. The second-order valence-corrected chi connectivity index (χ2v) is 7.38. The van der Waals surface area contributed by atoms with Crippen molar-refractivity contribution < 1.29 is 19.6 Å². The molecule has 1 heterocycles. The van der Waals surface area contributed by atoms with Gasteiger partial charge in [0.25, 0.3) is 5.91 Å². The van der Waals surface area contributed by atoms with E-state index >= 15 is 0 Å². The van der Waals surface area contributed by atoms with Crippen LogP contribution in [0.5, 0.6) is 11.5 Å². The summed E-state index contributed by atoms with van der Waals surface area (Å²) in [6.45, 7) is 4.97. The van der Waals surface area contributed by atoms with Crippen LogP contribution >= 0.6 is 0 Å². The first-order chi connectivity index (χ1) is 14.1. The number of nitrogens with one attached hydrogen (secondary N) is 1. The van der Waals surface area contributed by atoms with Crippen LogP contribution in [0.4, 0.5) is 5.69 Å². The van der Waals surface area contributed by atoms with Gasteiger partial charge in [-0.15, -0.1) is 0 Å². The lowest BCUT2D eigenvalue weighted by Gasteiger charge is -2.17. The topological polar surface area (TPSA) is 64.2 Å². The molecule has 5 nitrogen and oxygen atoms in total. The van der Waals surface area contributed by atoms with E-state index in [1.165, 1.54) is 0 Å². The van der Waals surface area contributed by atoms with Crippen molar-refractivity contribution in [3.63, 3.8) is 0 Å². The maximum absolute atomic E-state index is 13.2. The fourth-order valence-corrected chi connectivity index (χ4v) is 3.64. The summed E-state index contributed by atoms with van der Waals surface area (Å²) >= 11 is 0. The molecule has 3 aromatic rings. The lowest BCUT2D eigenvalue weighted by atomic mass is 10.0. The van der Waals surface area contributed by atoms with Crippen LogP contribution < -0.4 is 20.1 Å². The third-order valence-corrected chi connectivity index (χ3v) is 4.96. The zero-order valence-corrected chi connectivity index (χ0v) is 16.6. The fraction of sp³-hybridized carbons (Fsp3) is 0.208. The predicted octanol–water partition coefficient (Wildman–Crippen LogP) is 3.48. The SMILES string of the molecule is Cc1cc(C)cc(NC(=O)[C@H]([NH2+]Cc2ccc3c(c2)OCO3)c2ccccc2)c1. The van der Waals surface area contributed by atoms with E-state index in [2.05, 4.69) is 11.4 Å². The van der Waals surface area contributed by atoms with Gasteiger partial charge in [0.1, 0.15) is 6.54 Å². The molecule has 3 N–H and O–H groups in total. The number of carbonyl (C=O) groups is 1. The number of fused-ring (bicyclic) bond motifs is 1. The monoisotopic (exact) mass is 389 g/mol. The summed E-state index contributed by atoms with van der Waals surface area (Å²) in [7, 11) is 0. The average Bonchev–Trinajstić information content (AvgIpc) is 3.16. The molecule has 0 spiro atoms. The molecule has 0 aliphatic carbocycles. The van der Waals surface area contributed by atoms with E-state index in [1.54, 1.807) is 0 Å². The molecular weight excluding hydrogens is 364 g/mol. The third-order valence-electron chi connectivity index (χ3n) is 4.96. The third kappa shape index (κ3) is 4.58. The van der Waals surface area contributed by atoms with E-state index in [0.717, 1.165) is 39.4 Å². The van der Waals surface area contributed by atoms with Crippen LogP contribution in [0, 0.1) is 13.8 Å². The first kappa shape index (κ1) is 19.0. The van der Waals surface area contributed by atoms with Gasteiger partial charge in [-0.2, -0.15) is 0 Å². The maximum atomic E-state index is 13.2. The van der Waals surface area contributed by atoms with Crippen molar-refractivity contribution in [1.29, 1.82) is 0 Å². The maximum Gasteiger partial charge on any atom is 0.287 e. The summed E-state index contributed by atoms with van der Waals surface area (Å²) in [6, 6.07) is 21.5. The van der Waals surface area contributed by atoms with Crippen molar-refractivity contribution in [2.75, 3.05) is 12.1 Å². The van der Waals surface area contributed by atoms with Gasteiger partial charge < -0.3 is 20.1 Å². The highest BCUT2D eigenvalue weighted by Gasteiger charge is 2.24. The van der Waals surface area contributed by atoms with Crippen LogP contribution in [-0.4, -0.2) is 12.7 Å². The van der Waals surface area contributed by atoms with Gasteiger partial charge in [-0.05, 0) is 55.3 Å². The molecule has 1 aliphatic heterocycles. The number of quaternary nitrogens is 1. The molecule has 0 aromatic heterocycles. The second-order valence-electron chi connectivity index (χ2n) is 7.38. The number of hydrogen-bond acceptors (Lipinski definition) is 3. The minimum absolute atomic E-state index is 0.0399. The number of nitrogens with two attached hydrogens (primary N) is 1. The van der Waals surface area contributed by atoms with Crippen molar-refractivity contribution in [3.05, 3.63) is 89.0 Å². The Hall–Kier alpha value is -3.31. The summed E-state index contributed by atoms with van der Waals surface area (Å²) < 4.78 is 10.8. The molecule has 1 aliphatic rings. The zero-order valence-electron chi connectivity index (χ0n) is 16.6. The molecule has 0 fully saturated rings. The average molecular weight is 389 g/mol. The minimum Gasteiger partial charge on any atom is -0.454 e. The van der Waals surface area contributed by atoms with Crippen molar-refractivity contribution in [1.82, 2.24) is 0 Å². The van der Waals surface area contributed by atoms with Crippen LogP contribution in [0.25, 0.3) is 0 Å². The lowest BCUT2D eigenvalue weighted by molar-refractivity contribution is -0.697. The van der Waals surface area contributed by atoms with Gasteiger partial charge in [0, 0.05) is 16.8 Å².